The quantitative estimate of drug-likeness (QED) is 0.597. The summed E-state index contributed by atoms with van der Waals surface area (Å²) < 4.78 is 0. The van der Waals surface area contributed by atoms with Crippen molar-refractivity contribution < 1.29 is 0 Å². The van der Waals surface area contributed by atoms with Crippen LogP contribution in [0.5, 0.6) is 0 Å². The summed E-state index contributed by atoms with van der Waals surface area (Å²) in [4.78, 5) is 3.80. The molecular weight excluding hydrogens is 214 g/mol. The van der Waals surface area contributed by atoms with E-state index in [-0.39, 0.29) is 11.4 Å². The highest BCUT2D eigenvalue weighted by Crippen LogP contribution is 2.03. The number of benzene rings is 1. The van der Waals surface area contributed by atoms with Crippen LogP contribution in [0, 0.1) is 34.0 Å². The Bertz CT molecular complexity index is 588. The van der Waals surface area contributed by atoms with Crippen LogP contribution in [0.1, 0.15) is 11.1 Å². The highest BCUT2D eigenvalue weighted by Gasteiger charge is 1.98. The second-order valence-electron chi connectivity index (χ2n) is 2.98. The molecule has 0 amide bonds. The molecule has 17 heavy (non-hydrogen) atoms. The van der Waals surface area contributed by atoms with Crippen LogP contribution in [0.25, 0.3) is 0 Å². The van der Waals surface area contributed by atoms with Gasteiger partial charge in [-0.2, -0.15) is 15.8 Å². The van der Waals surface area contributed by atoms with E-state index in [0.29, 0.717) is 11.1 Å². The van der Waals surface area contributed by atoms with E-state index < -0.39 is 0 Å². The zero-order valence-electron chi connectivity index (χ0n) is 8.75. The van der Waals surface area contributed by atoms with Crippen molar-refractivity contribution >= 4 is 6.21 Å². The number of hydrogen-bond acceptors (Lipinski definition) is 5. The van der Waals surface area contributed by atoms with Gasteiger partial charge in [0.1, 0.15) is 17.8 Å². The van der Waals surface area contributed by atoms with Gasteiger partial charge in [0.05, 0.1) is 11.6 Å². The van der Waals surface area contributed by atoms with E-state index in [1.807, 2.05) is 6.07 Å². The number of aliphatic imine (C=N–C) groups is 1. The van der Waals surface area contributed by atoms with Crippen LogP contribution >= 0.6 is 0 Å². The van der Waals surface area contributed by atoms with Crippen LogP contribution in [0.4, 0.5) is 0 Å². The number of rotatable bonds is 2. The minimum Gasteiger partial charge on any atom is -0.388 e. The van der Waals surface area contributed by atoms with Gasteiger partial charge < -0.3 is 5.73 Å². The molecule has 0 spiro atoms. The maximum Gasteiger partial charge on any atom is 0.174 e. The van der Waals surface area contributed by atoms with Crippen LogP contribution in [0.2, 0.25) is 0 Å². The molecule has 0 atom stereocenters. The summed E-state index contributed by atoms with van der Waals surface area (Å²) in [6, 6.07) is 12.0. The van der Waals surface area contributed by atoms with Gasteiger partial charge in [-0.25, -0.2) is 4.99 Å². The topological polar surface area (TPSA) is 110 Å². The molecule has 0 fully saturated rings. The Morgan fingerprint density at radius 3 is 2.24 bits per heavy atom. The molecule has 0 aliphatic heterocycles. The molecule has 0 unspecified atom stereocenters. The Morgan fingerprint density at radius 1 is 1.12 bits per heavy atom. The van der Waals surface area contributed by atoms with Crippen LogP contribution in [0.15, 0.2) is 40.7 Å². The van der Waals surface area contributed by atoms with Gasteiger partial charge in [0.15, 0.2) is 5.70 Å². The van der Waals surface area contributed by atoms with Crippen molar-refractivity contribution in [3.05, 3.63) is 46.8 Å². The zero-order valence-corrected chi connectivity index (χ0v) is 8.75. The molecule has 2 N–H and O–H groups in total. The number of allylic oxidation sites excluding steroid dienone is 2. The summed E-state index contributed by atoms with van der Waals surface area (Å²) in [5.74, 6) is 0. The van der Waals surface area contributed by atoms with E-state index in [0.717, 1.165) is 0 Å². The van der Waals surface area contributed by atoms with Gasteiger partial charge in [0.25, 0.3) is 0 Å². The number of nitriles is 3. The van der Waals surface area contributed by atoms with E-state index in [4.69, 9.17) is 21.5 Å². The Kier molecular flexibility index (Phi) is 4.02. The molecule has 1 aromatic carbocycles. The lowest BCUT2D eigenvalue weighted by Crippen LogP contribution is -1.97. The SMILES string of the molecule is N#C/C(N)=C(/C#N)N=Cc1ccc(C#N)cc1. The van der Waals surface area contributed by atoms with E-state index in [2.05, 4.69) is 4.99 Å². The monoisotopic (exact) mass is 221 g/mol. The number of hydrogen-bond donors (Lipinski definition) is 1. The fraction of sp³-hybridized carbons (Fsp3) is 0. The van der Waals surface area contributed by atoms with Gasteiger partial charge in [0.2, 0.25) is 0 Å². The van der Waals surface area contributed by atoms with Crippen LogP contribution in [-0.4, -0.2) is 6.21 Å². The third kappa shape index (κ3) is 3.20. The summed E-state index contributed by atoms with van der Waals surface area (Å²) in [5, 5.41) is 25.8. The molecule has 5 nitrogen and oxygen atoms in total. The van der Waals surface area contributed by atoms with Gasteiger partial charge >= 0.3 is 0 Å². The van der Waals surface area contributed by atoms with Crippen molar-refractivity contribution in [2.45, 2.75) is 0 Å². The molecule has 0 aromatic heterocycles. The van der Waals surface area contributed by atoms with Crippen LogP contribution < -0.4 is 5.73 Å². The maximum atomic E-state index is 8.69. The summed E-state index contributed by atoms with van der Waals surface area (Å²) in [6.45, 7) is 0. The minimum atomic E-state index is -0.225. The average Bonchev–Trinajstić information content (AvgIpc) is 2.39. The standard InChI is InChI=1S/C12H7N5/c13-5-9-1-3-10(4-2-9)8-17-12(7-15)11(16)6-14/h1-4,8H,16H2/b12-11+,17-8?. The van der Waals surface area contributed by atoms with Crippen LogP contribution in [0.3, 0.4) is 0 Å². The van der Waals surface area contributed by atoms with Crippen LogP contribution in [-0.2, 0) is 0 Å². The molecule has 0 saturated carbocycles. The van der Waals surface area contributed by atoms with E-state index in [9.17, 15) is 0 Å². The van der Waals surface area contributed by atoms with Crippen molar-refractivity contribution in [2.24, 2.45) is 10.7 Å². The number of nitrogens with two attached hydrogens (primary N) is 1. The summed E-state index contributed by atoms with van der Waals surface area (Å²) in [5.41, 5.74) is 6.17. The zero-order chi connectivity index (χ0) is 12.7. The lowest BCUT2D eigenvalue weighted by molar-refractivity contribution is 1.27. The first kappa shape index (κ1) is 12.0. The Hall–Kier alpha value is -3.10. The molecule has 0 aliphatic rings. The first-order valence-electron chi connectivity index (χ1n) is 4.55. The molecule has 5 heteroatoms. The van der Waals surface area contributed by atoms with Crippen molar-refractivity contribution in [3.8, 4) is 18.2 Å². The highest BCUT2D eigenvalue weighted by atomic mass is 14.8. The van der Waals surface area contributed by atoms with E-state index >= 15 is 0 Å². The van der Waals surface area contributed by atoms with Crippen molar-refractivity contribution in [1.82, 2.24) is 0 Å². The van der Waals surface area contributed by atoms with Gasteiger partial charge in [0, 0.05) is 6.21 Å². The second-order valence-corrected chi connectivity index (χ2v) is 2.98. The summed E-state index contributed by atoms with van der Waals surface area (Å²) in [6.07, 6.45) is 1.41. The predicted molar refractivity (Wildman–Crippen MR) is 61.2 cm³/mol. The molecule has 0 heterocycles. The first-order chi connectivity index (χ1) is 8.21. The lowest BCUT2D eigenvalue weighted by Gasteiger charge is -1.93. The van der Waals surface area contributed by atoms with E-state index in [1.165, 1.54) is 6.21 Å². The fourth-order valence-electron chi connectivity index (χ4n) is 0.994. The molecule has 1 aromatic rings. The average molecular weight is 221 g/mol. The summed E-state index contributed by atoms with van der Waals surface area (Å²) >= 11 is 0. The third-order valence-electron chi connectivity index (χ3n) is 1.86. The van der Waals surface area contributed by atoms with Gasteiger partial charge in [-0.05, 0) is 17.7 Å². The normalized spacial score (nSPS) is 11.1. The van der Waals surface area contributed by atoms with Gasteiger partial charge in [-0.15, -0.1) is 0 Å². The first-order valence-corrected chi connectivity index (χ1v) is 4.55. The fourth-order valence-corrected chi connectivity index (χ4v) is 0.994. The molecule has 0 bridgehead atoms. The van der Waals surface area contributed by atoms with Crippen molar-refractivity contribution in [1.29, 1.82) is 15.8 Å². The predicted octanol–water partition coefficient (Wildman–Crippen LogP) is 1.19. The van der Waals surface area contributed by atoms with Gasteiger partial charge in [-0.1, -0.05) is 12.1 Å². The second kappa shape index (κ2) is 5.70. The Balaban J connectivity index is 2.96. The summed E-state index contributed by atoms with van der Waals surface area (Å²) in [7, 11) is 0. The van der Waals surface area contributed by atoms with Crippen molar-refractivity contribution in [2.75, 3.05) is 0 Å². The van der Waals surface area contributed by atoms with E-state index in [1.54, 1.807) is 36.4 Å². The highest BCUT2D eigenvalue weighted by molar-refractivity contribution is 5.81. The molecule has 0 aliphatic carbocycles. The smallest absolute Gasteiger partial charge is 0.174 e. The molecule has 0 saturated heterocycles. The lowest BCUT2D eigenvalue weighted by atomic mass is 10.2. The molecule has 1 rings (SSSR count). The minimum absolute atomic E-state index is 0.128. The Labute approximate surface area is 98.3 Å². The molecule has 80 valence electrons. The molecular formula is C12H7N5. The third-order valence-corrected chi connectivity index (χ3v) is 1.86. The maximum absolute atomic E-state index is 8.69. The number of nitrogens with zero attached hydrogens (tertiary/aromatic N) is 4. The Morgan fingerprint density at radius 2 is 1.76 bits per heavy atom. The van der Waals surface area contributed by atoms with Crippen molar-refractivity contribution in [3.63, 3.8) is 0 Å². The largest absolute Gasteiger partial charge is 0.388 e. The van der Waals surface area contributed by atoms with Gasteiger partial charge in [-0.3, -0.25) is 0 Å². The molecule has 0 radical (unpaired) electrons.